The first-order valence-electron chi connectivity index (χ1n) is 19.8. The van der Waals surface area contributed by atoms with Crippen LogP contribution in [0.15, 0.2) is 24.3 Å². The normalized spacial score (nSPS) is 52.9. The molecule has 0 radical (unpaired) electrons. The van der Waals surface area contributed by atoms with Crippen LogP contribution in [-0.4, -0.2) is 115 Å². The molecule has 298 valence electrons. The lowest BCUT2D eigenvalue weighted by molar-refractivity contribution is -0.332. The fraction of sp³-hybridized carbons (Fsp3) is 0.902. The van der Waals surface area contributed by atoms with Crippen molar-refractivity contribution in [3.05, 3.63) is 24.3 Å². The van der Waals surface area contributed by atoms with Crippen LogP contribution in [0.5, 0.6) is 0 Å². The van der Waals surface area contributed by atoms with Gasteiger partial charge in [0.25, 0.3) is 0 Å². The van der Waals surface area contributed by atoms with E-state index in [1.165, 1.54) is 0 Å². The Morgan fingerprint density at radius 3 is 2.10 bits per heavy atom. The maximum atomic E-state index is 12.2. The molecular weight excluding hydrogens is 668 g/mol. The van der Waals surface area contributed by atoms with Crippen molar-refractivity contribution in [1.29, 1.82) is 0 Å². The van der Waals surface area contributed by atoms with E-state index in [4.69, 9.17) is 18.9 Å². The first-order chi connectivity index (χ1) is 24.1. The molecule has 2 saturated heterocycles. The van der Waals surface area contributed by atoms with Crippen LogP contribution in [0.1, 0.15) is 107 Å². The number of aliphatic hydroxyl groups is 7. The molecule has 11 heteroatoms. The molecule has 0 aromatic carbocycles. The van der Waals surface area contributed by atoms with Gasteiger partial charge in [-0.1, -0.05) is 58.9 Å². The number of hydrogen-bond acceptors (Lipinski definition) is 11. The highest BCUT2D eigenvalue weighted by molar-refractivity contribution is 5.21. The number of hydrogen-bond donors (Lipinski definition) is 7. The Hall–Kier alpha value is -0.960. The van der Waals surface area contributed by atoms with E-state index in [-0.39, 0.29) is 51.4 Å². The van der Waals surface area contributed by atoms with Gasteiger partial charge in [0.15, 0.2) is 12.6 Å². The van der Waals surface area contributed by atoms with E-state index in [0.29, 0.717) is 12.8 Å². The zero-order chi connectivity index (χ0) is 38.3. The molecule has 0 aromatic heterocycles. The summed E-state index contributed by atoms with van der Waals surface area (Å²) in [5, 5.41) is 75.4. The number of fused-ring (bicyclic) bond motifs is 5. The Kier molecular flexibility index (Phi) is 11.1. The Balaban J connectivity index is 1.34. The maximum absolute atomic E-state index is 12.2. The van der Waals surface area contributed by atoms with Gasteiger partial charge in [0.2, 0.25) is 0 Å². The second-order valence-electron chi connectivity index (χ2n) is 19.2. The summed E-state index contributed by atoms with van der Waals surface area (Å²) in [7, 11) is 0. The van der Waals surface area contributed by atoms with E-state index < -0.39 is 73.6 Å². The van der Waals surface area contributed by atoms with E-state index in [1.54, 1.807) is 6.92 Å². The minimum absolute atomic E-state index is 0.0585. The smallest absolute Gasteiger partial charge is 0.186 e. The molecule has 4 saturated carbocycles. The molecule has 0 amide bonds. The van der Waals surface area contributed by atoms with E-state index in [2.05, 4.69) is 41.2 Å². The standard InChI is InChI=1S/C41H68O11/c1-21(2)11-10-15-41(9,48)23-12-17-40(8)29(23)24(50-35-34(47)32(45)30(43)22(3)49-35)19-27-38(6)16-14-28(37(4,5)26(38)13-18-39(27,40)7)52-36-33(46)31(44)25(20-42)51-36/h10-11,22-36,42-48H,1,12-20H2,2-9H3/b11-10+/t22-,23?,24?,25?,26?,27?,28?,29?,30-,31?,32+,33?,34-,35+,36?,38?,39?,40?,41?/m1/s1. The van der Waals surface area contributed by atoms with Gasteiger partial charge in [0.1, 0.15) is 36.6 Å². The molecule has 6 fully saturated rings. The zero-order valence-corrected chi connectivity index (χ0v) is 32.6. The minimum atomic E-state index is -1.43. The summed E-state index contributed by atoms with van der Waals surface area (Å²) >= 11 is 0. The van der Waals surface area contributed by atoms with Gasteiger partial charge in [-0.3, -0.25) is 0 Å². The van der Waals surface area contributed by atoms with Crippen LogP contribution >= 0.6 is 0 Å². The lowest BCUT2D eigenvalue weighted by Gasteiger charge is -2.71. The van der Waals surface area contributed by atoms with Crippen molar-refractivity contribution in [3.8, 4) is 0 Å². The highest BCUT2D eigenvalue weighted by atomic mass is 16.7. The predicted octanol–water partition coefficient (Wildman–Crippen LogP) is 3.59. The van der Waals surface area contributed by atoms with Gasteiger partial charge in [-0.25, -0.2) is 0 Å². The van der Waals surface area contributed by atoms with E-state index >= 15 is 0 Å². The van der Waals surface area contributed by atoms with Gasteiger partial charge in [-0.05, 0) is 117 Å². The van der Waals surface area contributed by atoms with Gasteiger partial charge >= 0.3 is 0 Å². The SMILES string of the molecule is C=C(C)/C=C/CC(C)(O)C1CCC2(C)C1C(O[C@@H]1O[C@H](C)[C@@H](O)[C@H](O)[C@H]1O)CC1C3(C)CCC(OC4OC(CO)C(O)C4O)C(C)(C)C3CCC12C. The average Bonchev–Trinajstić information content (AvgIpc) is 3.58. The van der Waals surface area contributed by atoms with E-state index in [0.717, 1.165) is 44.1 Å². The summed E-state index contributed by atoms with van der Waals surface area (Å²) in [6.07, 6.45) is -0.528. The van der Waals surface area contributed by atoms with Crippen molar-refractivity contribution in [2.24, 2.45) is 45.3 Å². The largest absolute Gasteiger partial charge is 0.394 e. The second kappa shape index (κ2) is 14.2. The monoisotopic (exact) mass is 736 g/mol. The van der Waals surface area contributed by atoms with Crippen LogP contribution < -0.4 is 0 Å². The third-order valence-corrected chi connectivity index (χ3v) is 16.0. The lowest BCUT2D eigenvalue weighted by atomic mass is 9.35. The lowest BCUT2D eigenvalue weighted by Crippen LogP contribution is -2.68. The van der Waals surface area contributed by atoms with Crippen LogP contribution in [0.3, 0.4) is 0 Å². The third kappa shape index (κ3) is 6.39. The van der Waals surface area contributed by atoms with Crippen molar-refractivity contribution >= 4 is 0 Å². The van der Waals surface area contributed by atoms with Gasteiger partial charge in [-0.15, -0.1) is 0 Å². The predicted molar refractivity (Wildman–Crippen MR) is 193 cm³/mol. The molecule has 0 spiro atoms. The zero-order valence-electron chi connectivity index (χ0n) is 32.6. The summed E-state index contributed by atoms with van der Waals surface area (Å²) in [6.45, 7) is 20.9. The molecule has 52 heavy (non-hydrogen) atoms. The number of ether oxygens (including phenoxy) is 4. The van der Waals surface area contributed by atoms with Crippen LogP contribution in [0.25, 0.3) is 0 Å². The second-order valence-corrected chi connectivity index (χ2v) is 19.2. The number of rotatable bonds is 9. The maximum Gasteiger partial charge on any atom is 0.186 e. The highest BCUT2D eigenvalue weighted by Crippen LogP contribution is 2.76. The van der Waals surface area contributed by atoms with Crippen LogP contribution in [0.2, 0.25) is 0 Å². The van der Waals surface area contributed by atoms with Crippen LogP contribution in [0, 0.1) is 45.3 Å². The van der Waals surface area contributed by atoms with Gasteiger partial charge in [-0.2, -0.15) is 0 Å². The molecule has 0 bridgehead atoms. The Morgan fingerprint density at radius 1 is 0.827 bits per heavy atom. The number of allylic oxidation sites excluding steroid dienone is 2. The highest BCUT2D eigenvalue weighted by Gasteiger charge is 2.72. The molecule has 11 nitrogen and oxygen atoms in total. The average molecular weight is 737 g/mol. The third-order valence-electron chi connectivity index (χ3n) is 16.0. The van der Waals surface area contributed by atoms with Crippen LogP contribution in [0.4, 0.5) is 0 Å². The van der Waals surface area contributed by atoms with Gasteiger partial charge < -0.3 is 54.7 Å². The van der Waals surface area contributed by atoms with E-state index in [9.17, 15) is 35.7 Å². The topological polar surface area (TPSA) is 179 Å². The van der Waals surface area contributed by atoms with Gasteiger partial charge in [0.05, 0.1) is 30.5 Å². The molecular formula is C41H68O11. The summed E-state index contributed by atoms with van der Waals surface area (Å²) in [6, 6.07) is 0. The Morgan fingerprint density at radius 2 is 1.46 bits per heavy atom. The summed E-state index contributed by atoms with van der Waals surface area (Å²) in [5.41, 5.74) is -0.866. The summed E-state index contributed by atoms with van der Waals surface area (Å²) in [5.74, 6) is 0.304. The van der Waals surface area contributed by atoms with E-state index in [1.807, 2.05) is 26.0 Å². The molecule has 2 aliphatic heterocycles. The number of aliphatic hydroxyl groups excluding tert-OH is 6. The first-order valence-corrected chi connectivity index (χ1v) is 19.8. The molecule has 6 aliphatic rings. The fourth-order valence-electron chi connectivity index (χ4n) is 12.9. The molecule has 14 unspecified atom stereocenters. The van der Waals surface area contributed by atoms with Gasteiger partial charge in [0, 0.05) is 0 Å². The fourth-order valence-corrected chi connectivity index (χ4v) is 12.9. The molecule has 4 aliphatic carbocycles. The van der Waals surface area contributed by atoms with Crippen molar-refractivity contribution in [3.63, 3.8) is 0 Å². The molecule has 6 rings (SSSR count). The molecule has 2 heterocycles. The van der Waals surface area contributed by atoms with Crippen LogP contribution in [-0.2, 0) is 18.9 Å². The Bertz CT molecular complexity index is 1340. The minimum Gasteiger partial charge on any atom is -0.394 e. The quantitative estimate of drug-likeness (QED) is 0.136. The molecule has 7 N–H and O–H groups in total. The van der Waals surface area contributed by atoms with Crippen molar-refractivity contribution < 1.29 is 54.7 Å². The molecule has 19 atom stereocenters. The summed E-state index contributed by atoms with van der Waals surface area (Å²) in [4.78, 5) is 0. The molecule has 0 aromatic rings. The summed E-state index contributed by atoms with van der Waals surface area (Å²) < 4.78 is 25.2. The van der Waals surface area contributed by atoms with Crippen molar-refractivity contribution in [2.75, 3.05) is 6.61 Å². The first kappa shape index (κ1) is 40.7. The van der Waals surface area contributed by atoms with Crippen molar-refractivity contribution in [2.45, 2.75) is 180 Å². The van der Waals surface area contributed by atoms with Crippen molar-refractivity contribution in [1.82, 2.24) is 0 Å². The Labute approximate surface area is 310 Å².